The van der Waals surface area contributed by atoms with Crippen LogP contribution < -0.4 is 10.2 Å². The number of esters is 1. The molecular formula is C21H27N3O5. The number of hydrogen-bond acceptors (Lipinski definition) is 5. The number of likely N-dealkylation sites (tertiary alicyclic amines) is 1. The summed E-state index contributed by atoms with van der Waals surface area (Å²) in [5.74, 6) is -1.18. The summed E-state index contributed by atoms with van der Waals surface area (Å²) in [4.78, 5) is 51.3. The Hall–Kier alpha value is -2.90. The second kappa shape index (κ2) is 10.0. The van der Waals surface area contributed by atoms with Crippen molar-refractivity contribution in [2.75, 3.05) is 37.7 Å². The molecule has 2 saturated heterocycles. The van der Waals surface area contributed by atoms with Crippen LogP contribution in [-0.4, -0.2) is 61.4 Å². The summed E-state index contributed by atoms with van der Waals surface area (Å²) in [6.07, 6.45) is 5.56. The Morgan fingerprint density at radius 1 is 0.931 bits per heavy atom. The number of rotatable bonds is 6. The van der Waals surface area contributed by atoms with Crippen LogP contribution in [0.2, 0.25) is 0 Å². The molecule has 8 nitrogen and oxygen atoms in total. The van der Waals surface area contributed by atoms with E-state index >= 15 is 0 Å². The van der Waals surface area contributed by atoms with Crippen LogP contribution in [0.5, 0.6) is 0 Å². The minimum atomic E-state index is -0.652. The van der Waals surface area contributed by atoms with Crippen molar-refractivity contribution in [3.8, 4) is 0 Å². The molecule has 2 heterocycles. The summed E-state index contributed by atoms with van der Waals surface area (Å²) in [5.41, 5.74) is 1.14. The molecule has 2 fully saturated rings. The molecule has 156 valence electrons. The fourth-order valence-corrected chi connectivity index (χ4v) is 3.57. The number of amides is 3. The van der Waals surface area contributed by atoms with Gasteiger partial charge in [-0.25, -0.2) is 0 Å². The van der Waals surface area contributed by atoms with Gasteiger partial charge in [-0.2, -0.15) is 0 Å². The number of ether oxygens (including phenoxy) is 1. The molecule has 0 radical (unpaired) electrons. The highest BCUT2D eigenvalue weighted by molar-refractivity contribution is 5.98. The second-order valence-electron chi connectivity index (χ2n) is 7.33. The van der Waals surface area contributed by atoms with Gasteiger partial charge >= 0.3 is 5.97 Å². The smallest absolute Gasteiger partial charge is 0.325 e. The van der Waals surface area contributed by atoms with Crippen molar-refractivity contribution in [3.05, 3.63) is 29.8 Å². The molecule has 1 aromatic rings. The summed E-state index contributed by atoms with van der Waals surface area (Å²) in [6.45, 7) is 1.48. The molecular weight excluding hydrogens is 374 g/mol. The molecule has 29 heavy (non-hydrogen) atoms. The minimum absolute atomic E-state index is 0.0830. The van der Waals surface area contributed by atoms with E-state index in [0.717, 1.165) is 37.8 Å². The zero-order valence-corrected chi connectivity index (χ0v) is 16.5. The molecule has 0 atom stereocenters. The lowest BCUT2D eigenvalue weighted by atomic mass is 10.2. The molecule has 0 aromatic heterocycles. The van der Waals surface area contributed by atoms with Crippen LogP contribution >= 0.6 is 0 Å². The van der Waals surface area contributed by atoms with Crippen LogP contribution in [0, 0.1) is 0 Å². The van der Waals surface area contributed by atoms with Crippen LogP contribution in [0.15, 0.2) is 24.3 Å². The summed E-state index contributed by atoms with van der Waals surface area (Å²) in [7, 11) is 0. The van der Waals surface area contributed by atoms with Gasteiger partial charge in [0.2, 0.25) is 5.91 Å². The van der Waals surface area contributed by atoms with Crippen molar-refractivity contribution in [2.45, 2.75) is 38.5 Å². The van der Waals surface area contributed by atoms with E-state index in [-0.39, 0.29) is 25.0 Å². The number of hydrogen-bond donors (Lipinski definition) is 1. The number of nitrogens with zero attached hydrogens (tertiary/aromatic N) is 2. The third-order valence-corrected chi connectivity index (χ3v) is 5.22. The molecule has 3 amide bonds. The van der Waals surface area contributed by atoms with Gasteiger partial charge in [-0.05, 0) is 43.5 Å². The molecule has 0 bridgehead atoms. The van der Waals surface area contributed by atoms with Gasteiger partial charge in [-0.15, -0.1) is 0 Å². The van der Waals surface area contributed by atoms with Crippen molar-refractivity contribution in [3.63, 3.8) is 0 Å². The summed E-state index contributed by atoms with van der Waals surface area (Å²) in [6, 6.07) is 6.67. The van der Waals surface area contributed by atoms with Crippen molar-refractivity contribution in [1.29, 1.82) is 0 Å². The summed E-state index contributed by atoms with van der Waals surface area (Å²) < 4.78 is 4.99. The Morgan fingerprint density at radius 3 is 2.24 bits per heavy atom. The maximum absolute atomic E-state index is 12.2. The molecule has 0 aliphatic carbocycles. The highest BCUT2D eigenvalue weighted by Gasteiger charge is 2.22. The van der Waals surface area contributed by atoms with Crippen LogP contribution in [0.1, 0.15) is 48.9 Å². The van der Waals surface area contributed by atoms with E-state index in [2.05, 4.69) is 5.32 Å². The van der Waals surface area contributed by atoms with Crippen molar-refractivity contribution in [2.24, 2.45) is 0 Å². The fourth-order valence-electron chi connectivity index (χ4n) is 3.57. The fraction of sp³-hybridized carbons (Fsp3) is 0.524. The van der Waals surface area contributed by atoms with Crippen LogP contribution in [-0.2, 0) is 19.1 Å². The Balaban J connectivity index is 1.41. The molecule has 0 spiro atoms. The number of anilines is 1. The number of benzene rings is 1. The van der Waals surface area contributed by atoms with E-state index in [1.807, 2.05) is 0 Å². The van der Waals surface area contributed by atoms with Gasteiger partial charge in [0.1, 0.15) is 6.54 Å². The summed E-state index contributed by atoms with van der Waals surface area (Å²) in [5, 5.41) is 2.49. The SMILES string of the molecule is O=C(CNC(=O)c1ccc(N2CCCC2=O)cc1)OCC(=O)N1CCCCCC1. The first-order valence-electron chi connectivity index (χ1n) is 10.2. The molecule has 3 rings (SSSR count). The highest BCUT2D eigenvalue weighted by Crippen LogP contribution is 2.21. The molecule has 0 saturated carbocycles. The Bertz CT molecular complexity index is 754. The first kappa shape index (κ1) is 20.8. The normalized spacial score (nSPS) is 17.0. The van der Waals surface area contributed by atoms with Gasteiger partial charge < -0.3 is 19.9 Å². The van der Waals surface area contributed by atoms with Gasteiger partial charge in [0.25, 0.3) is 11.8 Å². The van der Waals surface area contributed by atoms with E-state index in [1.165, 1.54) is 0 Å². The van der Waals surface area contributed by atoms with Crippen LogP contribution in [0.3, 0.4) is 0 Å². The molecule has 1 N–H and O–H groups in total. The van der Waals surface area contributed by atoms with Gasteiger partial charge in [0.05, 0.1) is 0 Å². The molecule has 0 unspecified atom stereocenters. The van der Waals surface area contributed by atoms with Gasteiger partial charge in [0, 0.05) is 37.3 Å². The van der Waals surface area contributed by atoms with Crippen molar-refractivity contribution in [1.82, 2.24) is 10.2 Å². The Morgan fingerprint density at radius 2 is 1.62 bits per heavy atom. The Kier molecular flexibility index (Phi) is 7.21. The highest BCUT2D eigenvalue weighted by atomic mass is 16.5. The second-order valence-corrected chi connectivity index (χ2v) is 7.33. The molecule has 1 aromatic carbocycles. The molecule has 2 aliphatic heterocycles. The van der Waals surface area contributed by atoms with E-state index in [4.69, 9.17) is 4.74 Å². The predicted octanol–water partition coefficient (Wildman–Crippen LogP) is 1.49. The lowest BCUT2D eigenvalue weighted by Gasteiger charge is -2.19. The van der Waals surface area contributed by atoms with Crippen LogP contribution in [0.4, 0.5) is 5.69 Å². The first-order valence-corrected chi connectivity index (χ1v) is 10.2. The van der Waals surface area contributed by atoms with Gasteiger partial charge in [-0.1, -0.05) is 12.8 Å². The lowest BCUT2D eigenvalue weighted by molar-refractivity contribution is -0.151. The average molecular weight is 401 g/mol. The first-order chi connectivity index (χ1) is 14.0. The van der Waals surface area contributed by atoms with E-state index in [9.17, 15) is 19.2 Å². The maximum Gasteiger partial charge on any atom is 0.325 e. The van der Waals surface area contributed by atoms with Gasteiger partial charge in [0.15, 0.2) is 6.61 Å². The van der Waals surface area contributed by atoms with Crippen LogP contribution in [0.25, 0.3) is 0 Å². The zero-order chi connectivity index (χ0) is 20.6. The quantitative estimate of drug-likeness (QED) is 0.729. The van der Waals surface area contributed by atoms with Crippen molar-refractivity contribution >= 4 is 29.4 Å². The largest absolute Gasteiger partial charge is 0.454 e. The monoisotopic (exact) mass is 401 g/mol. The standard InChI is InChI=1S/C21H27N3O5/c25-18-6-5-13-24(18)17-9-7-16(8-10-17)21(28)22-14-20(27)29-15-19(26)23-11-3-1-2-4-12-23/h7-10H,1-6,11-15H2,(H,22,28). The number of carbonyl (C=O) groups is 4. The lowest BCUT2D eigenvalue weighted by Crippen LogP contribution is -2.37. The van der Waals surface area contributed by atoms with E-state index in [0.29, 0.717) is 31.6 Å². The third-order valence-electron chi connectivity index (χ3n) is 5.22. The van der Waals surface area contributed by atoms with E-state index in [1.54, 1.807) is 34.1 Å². The topological polar surface area (TPSA) is 96.0 Å². The maximum atomic E-state index is 12.2. The van der Waals surface area contributed by atoms with Crippen molar-refractivity contribution < 1.29 is 23.9 Å². The molecule has 8 heteroatoms. The average Bonchev–Trinajstić information content (AvgIpc) is 2.99. The van der Waals surface area contributed by atoms with Gasteiger partial charge in [-0.3, -0.25) is 19.2 Å². The zero-order valence-electron chi connectivity index (χ0n) is 16.5. The number of carbonyl (C=O) groups excluding carboxylic acids is 4. The minimum Gasteiger partial charge on any atom is -0.454 e. The Labute approximate surface area is 170 Å². The summed E-state index contributed by atoms with van der Waals surface area (Å²) >= 11 is 0. The third kappa shape index (κ3) is 5.79. The molecule has 2 aliphatic rings. The number of nitrogens with one attached hydrogen (secondary N) is 1. The predicted molar refractivity (Wildman–Crippen MR) is 106 cm³/mol. The van der Waals surface area contributed by atoms with E-state index < -0.39 is 11.9 Å².